The number of sulfonamides is 1. The molecule has 0 bridgehead atoms. The fourth-order valence-corrected chi connectivity index (χ4v) is 6.12. The zero-order valence-electron chi connectivity index (χ0n) is 21.9. The number of piperazine rings is 1. The second-order valence-corrected chi connectivity index (χ2v) is 11.5. The van der Waals surface area contributed by atoms with Gasteiger partial charge in [0.1, 0.15) is 5.69 Å². The zero-order valence-corrected chi connectivity index (χ0v) is 22.8. The number of rotatable bonds is 10. The molecule has 0 radical (unpaired) electrons. The van der Waals surface area contributed by atoms with E-state index >= 15 is 0 Å². The van der Waals surface area contributed by atoms with Crippen molar-refractivity contribution in [2.75, 3.05) is 41.7 Å². The monoisotopic (exact) mass is 557 g/mol. The first-order valence-electron chi connectivity index (χ1n) is 13.1. The lowest BCUT2D eigenvalue weighted by molar-refractivity contribution is -0.384. The van der Waals surface area contributed by atoms with Crippen LogP contribution in [0.25, 0.3) is 0 Å². The topological polar surface area (TPSA) is 108 Å². The van der Waals surface area contributed by atoms with Crippen molar-refractivity contribution in [2.45, 2.75) is 18.0 Å². The summed E-state index contributed by atoms with van der Waals surface area (Å²) in [5.74, 6) is 0. The molecule has 2 N–H and O–H groups in total. The second-order valence-electron chi connectivity index (χ2n) is 9.55. The van der Waals surface area contributed by atoms with Crippen LogP contribution in [0.4, 0.5) is 22.7 Å². The van der Waals surface area contributed by atoms with E-state index in [0.717, 1.165) is 22.5 Å². The van der Waals surface area contributed by atoms with E-state index in [-0.39, 0.29) is 10.6 Å². The van der Waals surface area contributed by atoms with E-state index in [9.17, 15) is 18.5 Å². The molecule has 5 rings (SSSR count). The molecule has 1 aliphatic rings. The molecule has 0 aromatic heterocycles. The van der Waals surface area contributed by atoms with E-state index in [2.05, 4.69) is 15.5 Å². The lowest BCUT2D eigenvalue weighted by atomic mass is 10.2. The molecular formula is C30H31N5O4S. The van der Waals surface area contributed by atoms with E-state index in [1.165, 1.54) is 10.4 Å². The normalized spacial score (nSPS) is 14.1. The Kier molecular flexibility index (Phi) is 8.28. The van der Waals surface area contributed by atoms with Crippen LogP contribution in [-0.4, -0.2) is 43.8 Å². The number of nitrogens with one attached hydrogen (secondary N) is 2. The molecule has 9 nitrogen and oxygen atoms in total. The molecule has 0 spiro atoms. The summed E-state index contributed by atoms with van der Waals surface area (Å²) in [4.78, 5) is 13.5. The van der Waals surface area contributed by atoms with Crippen molar-refractivity contribution in [1.29, 1.82) is 0 Å². The van der Waals surface area contributed by atoms with Crippen molar-refractivity contribution in [3.8, 4) is 0 Å². The Balaban J connectivity index is 1.21. The second kappa shape index (κ2) is 12.2. The molecule has 0 unspecified atom stereocenters. The number of nitro benzene ring substituents is 1. The van der Waals surface area contributed by atoms with Gasteiger partial charge in [0, 0.05) is 56.7 Å². The molecule has 0 atom stereocenters. The van der Waals surface area contributed by atoms with Crippen LogP contribution in [0.2, 0.25) is 0 Å². The van der Waals surface area contributed by atoms with E-state index in [4.69, 9.17) is 0 Å². The van der Waals surface area contributed by atoms with E-state index in [1.807, 2.05) is 60.7 Å². The molecule has 4 aromatic carbocycles. The van der Waals surface area contributed by atoms with E-state index in [1.54, 1.807) is 36.4 Å². The average molecular weight is 558 g/mol. The lowest BCUT2D eigenvalue weighted by Crippen LogP contribution is -2.48. The molecule has 40 heavy (non-hydrogen) atoms. The maximum atomic E-state index is 13.3. The zero-order chi connectivity index (χ0) is 28.0. The smallest absolute Gasteiger partial charge is 0.292 e. The number of nitro groups is 1. The predicted octanol–water partition coefficient (Wildman–Crippen LogP) is 5.33. The van der Waals surface area contributed by atoms with Crippen LogP contribution in [0, 0.1) is 10.1 Å². The maximum Gasteiger partial charge on any atom is 0.292 e. The van der Waals surface area contributed by atoms with Gasteiger partial charge >= 0.3 is 0 Å². The number of nitrogens with zero attached hydrogens (tertiary/aromatic N) is 3. The minimum absolute atomic E-state index is 0.00241. The molecule has 4 aromatic rings. The highest BCUT2D eigenvalue weighted by Crippen LogP contribution is 2.31. The van der Waals surface area contributed by atoms with Crippen LogP contribution in [-0.2, 0) is 23.1 Å². The molecule has 1 fully saturated rings. The van der Waals surface area contributed by atoms with Gasteiger partial charge < -0.3 is 15.5 Å². The number of anilines is 3. The van der Waals surface area contributed by atoms with Crippen molar-refractivity contribution in [3.05, 3.63) is 124 Å². The van der Waals surface area contributed by atoms with Crippen LogP contribution in [0.3, 0.4) is 0 Å². The summed E-state index contributed by atoms with van der Waals surface area (Å²) in [5, 5.41) is 18.1. The Morgan fingerprint density at radius 1 is 0.725 bits per heavy atom. The van der Waals surface area contributed by atoms with E-state index in [0.29, 0.717) is 45.0 Å². The van der Waals surface area contributed by atoms with Crippen LogP contribution in [0.5, 0.6) is 0 Å². The van der Waals surface area contributed by atoms with Gasteiger partial charge in [-0.15, -0.1) is 0 Å². The molecule has 10 heteroatoms. The van der Waals surface area contributed by atoms with Gasteiger partial charge in [0.25, 0.3) is 5.69 Å². The van der Waals surface area contributed by atoms with Gasteiger partial charge in [-0.25, -0.2) is 8.42 Å². The highest BCUT2D eigenvalue weighted by Gasteiger charge is 2.29. The first-order chi connectivity index (χ1) is 19.4. The third-order valence-corrected chi connectivity index (χ3v) is 8.85. The van der Waals surface area contributed by atoms with Gasteiger partial charge in [0.15, 0.2) is 0 Å². The fourth-order valence-electron chi connectivity index (χ4n) is 4.70. The lowest BCUT2D eigenvalue weighted by Gasteiger charge is -2.35. The number of benzene rings is 4. The largest absolute Gasteiger partial charge is 0.381 e. The Labute approximate surface area is 234 Å². The quantitative estimate of drug-likeness (QED) is 0.200. The molecule has 0 saturated carbocycles. The molecule has 206 valence electrons. The summed E-state index contributed by atoms with van der Waals surface area (Å²) in [6, 6.07) is 31.5. The summed E-state index contributed by atoms with van der Waals surface area (Å²) >= 11 is 0. The van der Waals surface area contributed by atoms with Crippen molar-refractivity contribution in [2.24, 2.45) is 0 Å². The van der Waals surface area contributed by atoms with Crippen LogP contribution in [0.1, 0.15) is 11.1 Å². The predicted molar refractivity (Wildman–Crippen MR) is 158 cm³/mol. The molecule has 0 aliphatic carbocycles. The molecular weight excluding hydrogens is 526 g/mol. The van der Waals surface area contributed by atoms with Gasteiger partial charge in [-0.1, -0.05) is 60.7 Å². The third-order valence-electron chi connectivity index (χ3n) is 6.94. The van der Waals surface area contributed by atoms with Crippen molar-refractivity contribution >= 4 is 32.8 Å². The molecule has 1 saturated heterocycles. The summed E-state index contributed by atoms with van der Waals surface area (Å²) in [6.07, 6.45) is 0. The Bertz CT molecular complexity index is 1540. The first-order valence-corrected chi connectivity index (χ1v) is 14.5. The van der Waals surface area contributed by atoms with Crippen LogP contribution >= 0.6 is 0 Å². The number of hydrogen-bond donors (Lipinski definition) is 2. The fraction of sp³-hybridized carbons (Fsp3) is 0.200. The first kappa shape index (κ1) is 27.2. The summed E-state index contributed by atoms with van der Waals surface area (Å²) in [5.41, 5.74) is 4.25. The summed E-state index contributed by atoms with van der Waals surface area (Å²) < 4.78 is 28.1. The average Bonchev–Trinajstić information content (AvgIpc) is 3.00. The van der Waals surface area contributed by atoms with Crippen molar-refractivity contribution in [3.63, 3.8) is 0 Å². The van der Waals surface area contributed by atoms with Crippen molar-refractivity contribution in [1.82, 2.24) is 4.31 Å². The van der Waals surface area contributed by atoms with Gasteiger partial charge in [0.05, 0.1) is 9.82 Å². The minimum atomic E-state index is -3.64. The Morgan fingerprint density at radius 3 is 1.88 bits per heavy atom. The van der Waals surface area contributed by atoms with Gasteiger partial charge in [-0.05, 0) is 47.5 Å². The van der Waals surface area contributed by atoms with E-state index < -0.39 is 14.9 Å². The van der Waals surface area contributed by atoms with Gasteiger partial charge in [-0.3, -0.25) is 10.1 Å². The maximum absolute atomic E-state index is 13.3. The molecule has 0 amide bonds. The van der Waals surface area contributed by atoms with Gasteiger partial charge in [-0.2, -0.15) is 4.31 Å². The molecule has 1 aliphatic heterocycles. The third kappa shape index (κ3) is 6.41. The number of hydrogen-bond acceptors (Lipinski definition) is 7. The van der Waals surface area contributed by atoms with Crippen molar-refractivity contribution < 1.29 is 13.3 Å². The highest BCUT2D eigenvalue weighted by atomic mass is 32.2. The standard InChI is InChI=1S/C30H31N5O4S/c36-35(37)30-16-13-27(21-29(30)32-23-25-9-5-2-6-10-25)33-17-19-34(20-18-33)40(38,39)28-14-11-26(12-15-28)31-22-24-7-3-1-4-8-24/h1-16,21,31-32H,17-20,22-23H2. The Hall–Kier alpha value is -4.41. The van der Waals surface area contributed by atoms with Gasteiger partial charge in [0.2, 0.25) is 10.0 Å². The summed E-state index contributed by atoms with van der Waals surface area (Å²) in [6.45, 7) is 2.71. The Morgan fingerprint density at radius 2 is 1.30 bits per heavy atom. The highest BCUT2D eigenvalue weighted by molar-refractivity contribution is 7.89. The summed E-state index contributed by atoms with van der Waals surface area (Å²) in [7, 11) is -3.64. The van der Waals surface area contributed by atoms with Crippen LogP contribution < -0.4 is 15.5 Å². The molecule has 1 heterocycles. The minimum Gasteiger partial charge on any atom is -0.381 e. The van der Waals surface area contributed by atoms with Crippen LogP contribution in [0.15, 0.2) is 108 Å². The SMILES string of the molecule is O=[N+]([O-])c1ccc(N2CCN(S(=O)(=O)c3ccc(NCc4ccccc4)cc3)CC2)cc1NCc1ccccc1.